The molecule has 0 aliphatic heterocycles. The summed E-state index contributed by atoms with van der Waals surface area (Å²) in [4.78, 5) is 2.36. The van der Waals surface area contributed by atoms with Gasteiger partial charge in [0.25, 0.3) is 0 Å². The second-order valence-corrected chi connectivity index (χ2v) is 3.18. The summed E-state index contributed by atoms with van der Waals surface area (Å²) in [5.74, 6) is 0. The van der Waals surface area contributed by atoms with Crippen LogP contribution in [0.5, 0.6) is 0 Å². The molecule has 2 nitrogen and oxygen atoms in total. The third kappa shape index (κ3) is 1.61. The first-order valence-electron chi connectivity index (χ1n) is 2.69. The van der Waals surface area contributed by atoms with Crippen molar-refractivity contribution >= 4 is 11.3 Å². The largest absolute Gasteiger partial charge is 0.712 e. The van der Waals surface area contributed by atoms with E-state index in [-0.39, 0.29) is 0 Å². The molecule has 0 fully saturated rings. The minimum atomic E-state index is 0.429. The van der Waals surface area contributed by atoms with Crippen LogP contribution in [0.15, 0.2) is 17.2 Å². The lowest BCUT2D eigenvalue weighted by atomic mass is 10.4. The van der Waals surface area contributed by atoms with Crippen LogP contribution < -0.4 is 0 Å². The van der Waals surface area contributed by atoms with Crippen LogP contribution in [-0.2, 0) is 6.54 Å². The molecular weight excluding hydrogens is 132 g/mol. The van der Waals surface area contributed by atoms with E-state index < -0.39 is 0 Å². The molecule has 1 rings (SSSR count). The number of nitrogens with zero attached hydrogens (tertiary/aromatic N) is 2. The van der Waals surface area contributed by atoms with Gasteiger partial charge in [-0.25, -0.2) is 0 Å². The fourth-order valence-electron chi connectivity index (χ4n) is 0.640. The van der Waals surface area contributed by atoms with Crippen molar-refractivity contribution in [2.45, 2.75) is 13.5 Å². The van der Waals surface area contributed by atoms with Crippen molar-refractivity contribution in [3.63, 3.8) is 0 Å². The zero-order chi connectivity index (χ0) is 6.69. The summed E-state index contributed by atoms with van der Waals surface area (Å²) in [7, 11) is 0. The normalized spacial score (nSPS) is 9.44. The Morgan fingerprint density at radius 2 is 2.44 bits per heavy atom. The molecule has 0 aliphatic carbocycles. The summed E-state index contributed by atoms with van der Waals surface area (Å²) in [6.45, 7) is 2.46. The van der Waals surface area contributed by atoms with E-state index in [1.807, 2.05) is 19.1 Å². The molecule has 1 aromatic rings. The fraction of sp³-hybridized carbons (Fsp3) is 0.333. The quantitative estimate of drug-likeness (QED) is 0.564. The van der Waals surface area contributed by atoms with Gasteiger partial charge in [0.15, 0.2) is 0 Å². The van der Waals surface area contributed by atoms with Gasteiger partial charge in [-0.15, -0.1) is 11.3 Å². The van der Waals surface area contributed by atoms with Gasteiger partial charge < -0.3 is 10.6 Å². The van der Waals surface area contributed by atoms with Crippen molar-refractivity contribution in [1.29, 1.82) is 0 Å². The van der Waals surface area contributed by atoms with Crippen molar-refractivity contribution in [3.05, 3.63) is 27.4 Å². The molecule has 0 bridgehead atoms. The highest BCUT2D eigenvalue weighted by Crippen LogP contribution is 2.15. The molecule has 0 aliphatic rings. The maximum absolute atomic E-state index is 8.16. The van der Waals surface area contributed by atoms with Gasteiger partial charge >= 0.3 is 0 Å². The minimum absolute atomic E-state index is 0.429. The summed E-state index contributed by atoms with van der Waals surface area (Å²) < 4.78 is 0. The molecule has 1 aromatic heterocycles. The fourth-order valence-corrected chi connectivity index (χ4v) is 1.45. The molecule has 9 heavy (non-hydrogen) atoms. The Morgan fingerprint density at radius 1 is 1.67 bits per heavy atom. The highest BCUT2D eigenvalue weighted by molar-refractivity contribution is 7.11. The highest BCUT2D eigenvalue weighted by atomic mass is 32.1. The number of rotatable bonds is 2. The molecule has 3 heteroatoms. The van der Waals surface area contributed by atoms with Gasteiger partial charge in [0, 0.05) is 16.3 Å². The lowest BCUT2D eigenvalue weighted by Crippen LogP contribution is -1.66. The zero-order valence-corrected chi connectivity index (χ0v) is 5.98. The Hall–Kier alpha value is -0.700. The van der Waals surface area contributed by atoms with E-state index in [2.05, 4.69) is 5.11 Å². The van der Waals surface area contributed by atoms with Crippen LogP contribution in [0.4, 0.5) is 0 Å². The van der Waals surface area contributed by atoms with Crippen LogP contribution in [0.3, 0.4) is 0 Å². The van der Waals surface area contributed by atoms with Crippen molar-refractivity contribution in [2.24, 2.45) is 5.11 Å². The minimum Gasteiger partial charge on any atom is -0.712 e. The van der Waals surface area contributed by atoms with Crippen molar-refractivity contribution in [3.8, 4) is 0 Å². The second-order valence-electron chi connectivity index (χ2n) is 1.81. The van der Waals surface area contributed by atoms with Gasteiger partial charge in [-0.2, -0.15) is 0 Å². The smallest absolute Gasteiger partial charge is 0.0496 e. The van der Waals surface area contributed by atoms with E-state index >= 15 is 0 Å². The van der Waals surface area contributed by atoms with E-state index in [1.165, 1.54) is 4.88 Å². The molecule has 0 radical (unpaired) electrons. The number of thiophene rings is 1. The van der Waals surface area contributed by atoms with Crippen molar-refractivity contribution in [1.82, 2.24) is 0 Å². The average molecular weight is 139 g/mol. The summed E-state index contributed by atoms with van der Waals surface area (Å²) in [6.07, 6.45) is 0. The van der Waals surface area contributed by atoms with Gasteiger partial charge in [0.2, 0.25) is 0 Å². The van der Waals surface area contributed by atoms with Crippen LogP contribution in [-0.4, -0.2) is 0 Å². The molecule has 0 amide bonds. The summed E-state index contributed by atoms with van der Waals surface area (Å²) >= 11 is 1.66. The number of aryl methyl sites for hydroxylation is 1. The van der Waals surface area contributed by atoms with Crippen LogP contribution in [0, 0.1) is 6.92 Å². The van der Waals surface area contributed by atoms with Crippen molar-refractivity contribution in [2.75, 3.05) is 0 Å². The summed E-state index contributed by atoms with van der Waals surface area (Å²) in [5.41, 5.74) is 8.16. The molecular formula is C6H7N2S-. The Labute approximate surface area is 58.0 Å². The van der Waals surface area contributed by atoms with E-state index in [0.29, 0.717) is 6.54 Å². The Bertz CT molecular complexity index is 205. The van der Waals surface area contributed by atoms with Gasteiger partial charge in [-0.3, -0.25) is 0 Å². The molecule has 0 aromatic carbocycles. The summed E-state index contributed by atoms with van der Waals surface area (Å²) in [5, 5.41) is 3.03. The average Bonchev–Trinajstić information content (AvgIpc) is 2.17. The molecule has 0 unspecified atom stereocenters. The predicted molar refractivity (Wildman–Crippen MR) is 38.5 cm³/mol. The lowest BCUT2D eigenvalue weighted by Gasteiger charge is -1.89. The first-order valence-corrected chi connectivity index (χ1v) is 3.51. The molecule has 48 valence electrons. The topological polar surface area (TPSA) is 34.7 Å². The number of hydrogen-bond acceptors (Lipinski definition) is 2. The predicted octanol–water partition coefficient (Wildman–Crippen LogP) is 2.58. The molecule has 0 saturated carbocycles. The van der Waals surface area contributed by atoms with Gasteiger partial charge in [0.05, 0.1) is 0 Å². The zero-order valence-electron chi connectivity index (χ0n) is 5.16. The third-order valence-electron chi connectivity index (χ3n) is 1.02. The van der Waals surface area contributed by atoms with Crippen LogP contribution in [0.1, 0.15) is 9.75 Å². The second kappa shape index (κ2) is 2.73. The maximum atomic E-state index is 8.16. The standard InChI is InChI=1S/C6H7N2S/c1-5-2-3-6(9-5)4-8-7/h2-3H,4H2,1H3/q-1. The van der Waals surface area contributed by atoms with Gasteiger partial charge in [-0.1, -0.05) is 0 Å². The van der Waals surface area contributed by atoms with Crippen LogP contribution >= 0.6 is 11.3 Å². The molecule has 1 heterocycles. The Balaban J connectivity index is 2.72. The van der Waals surface area contributed by atoms with E-state index in [0.717, 1.165) is 4.88 Å². The van der Waals surface area contributed by atoms with Gasteiger partial charge in [0.1, 0.15) is 0 Å². The Kier molecular flexibility index (Phi) is 1.95. The number of hydrogen-bond donors (Lipinski definition) is 0. The highest BCUT2D eigenvalue weighted by Gasteiger charge is 1.90. The SMILES string of the molecule is Cc1ccc(CN=[N-])s1. The van der Waals surface area contributed by atoms with Crippen molar-refractivity contribution < 1.29 is 0 Å². The lowest BCUT2D eigenvalue weighted by molar-refractivity contribution is 1.09. The third-order valence-corrected chi connectivity index (χ3v) is 2.01. The van der Waals surface area contributed by atoms with E-state index in [9.17, 15) is 0 Å². The monoisotopic (exact) mass is 139 g/mol. The van der Waals surface area contributed by atoms with Crippen LogP contribution in [0.2, 0.25) is 0 Å². The molecule has 0 atom stereocenters. The van der Waals surface area contributed by atoms with Crippen LogP contribution in [0.25, 0.3) is 5.53 Å². The molecule has 0 spiro atoms. The molecule has 0 N–H and O–H groups in total. The maximum Gasteiger partial charge on any atom is 0.0496 e. The van der Waals surface area contributed by atoms with Gasteiger partial charge in [-0.05, 0) is 19.1 Å². The summed E-state index contributed by atoms with van der Waals surface area (Å²) in [6, 6.07) is 3.99. The van der Waals surface area contributed by atoms with E-state index in [4.69, 9.17) is 5.53 Å². The first kappa shape index (κ1) is 6.42. The van der Waals surface area contributed by atoms with E-state index in [1.54, 1.807) is 11.3 Å². The first-order chi connectivity index (χ1) is 4.33. The molecule has 0 saturated heterocycles. The Morgan fingerprint density at radius 3 is 2.89 bits per heavy atom.